The number of anilines is 1. The Morgan fingerprint density at radius 1 is 1.31 bits per heavy atom. The molecule has 2 amide bonds. The summed E-state index contributed by atoms with van der Waals surface area (Å²) in [7, 11) is 0. The molecule has 0 bridgehead atoms. The summed E-state index contributed by atoms with van der Waals surface area (Å²) in [5.74, 6) is 0.915. The molecule has 0 aliphatic rings. The summed E-state index contributed by atoms with van der Waals surface area (Å²) in [6.45, 7) is 3.76. The summed E-state index contributed by atoms with van der Waals surface area (Å²) in [5.41, 5.74) is 5.39. The summed E-state index contributed by atoms with van der Waals surface area (Å²) in [5, 5.41) is 18.4. The second kappa shape index (κ2) is 10.9. The Morgan fingerprint density at radius 2 is 2.16 bits per heavy atom. The van der Waals surface area contributed by atoms with Gasteiger partial charge in [-0.15, -0.1) is 5.10 Å². The molecule has 3 aromatic rings. The van der Waals surface area contributed by atoms with Crippen LogP contribution in [-0.2, 0) is 9.59 Å². The Balaban J connectivity index is 1.67. The van der Waals surface area contributed by atoms with Crippen molar-refractivity contribution in [3.63, 3.8) is 0 Å². The third-order valence-electron chi connectivity index (χ3n) is 4.70. The lowest BCUT2D eigenvalue weighted by atomic mass is 10.0. The lowest BCUT2D eigenvalue weighted by Gasteiger charge is -2.20. The quantitative estimate of drug-likeness (QED) is 0.161. The molecule has 0 aliphatic carbocycles. The first-order chi connectivity index (χ1) is 15.5. The number of nitrogens with zero attached hydrogens (tertiary/aromatic N) is 8. The highest BCUT2D eigenvalue weighted by Gasteiger charge is 2.21. The van der Waals surface area contributed by atoms with Crippen LogP contribution >= 0.6 is 0 Å². The van der Waals surface area contributed by atoms with E-state index in [9.17, 15) is 14.8 Å². The molecule has 0 radical (unpaired) electrons. The minimum Gasteiger partial charge on any atom is -0.286 e. The van der Waals surface area contributed by atoms with Gasteiger partial charge >= 0.3 is 0 Å². The molecule has 3 rings (SSSR count). The van der Waals surface area contributed by atoms with E-state index in [4.69, 9.17) is 0 Å². The van der Waals surface area contributed by atoms with Gasteiger partial charge < -0.3 is 0 Å². The Kier molecular flexibility index (Phi) is 7.80. The highest BCUT2D eigenvalue weighted by Crippen LogP contribution is 2.13. The number of amides is 2. The Hall–Kier alpha value is -3.87. The van der Waals surface area contributed by atoms with Crippen LogP contribution in [0.15, 0.2) is 30.9 Å². The summed E-state index contributed by atoms with van der Waals surface area (Å²) in [4.78, 5) is 36.0. The van der Waals surface area contributed by atoms with Crippen molar-refractivity contribution in [3.05, 3.63) is 36.7 Å². The molecule has 170 valence electrons. The van der Waals surface area contributed by atoms with E-state index in [-0.39, 0.29) is 18.9 Å². The van der Waals surface area contributed by atoms with Gasteiger partial charge in [-0.25, -0.2) is 15.0 Å². The molecule has 3 heterocycles. The van der Waals surface area contributed by atoms with Crippen molar-refractivity contribution in [2.24, 2.45) is 5.92 Å². The molecule has 0 fully saturated rings. The van der Waals surface area contributed by atoms with Crippen molar-refractivity contribution >= 4 is 18.1 Å². The molecule has 3 N–H and O–H groups in total. The van der Waals surface area contributed by atoms with Crippen LogP contribution in [0.5, 0.6) is 0 Å². The van der Waals surface area contributed by atoms with Gasteiger partial charge in [-0.3, -0.25) is 25.6 Å². The van der Waals surface area contributed by atoms with Crippen molar-refractivity contribution in [1.29, 1.82) is 0 Å². The molecule has 1 unspecified atom stereocenters. The lowest BCUT2D eigenvalue weighted by Crippen LogP contribution is -2.40. The molecular formula is C19H26N10O3. The Morgan fingerprint density at radius 3 is 2.88 bits per heavy atom. The monoisotopic (exact) mass is 442 g/mol. The number of unbranched alkanes of at least 4 members (excludes halogenated alkanes) is 2. The van der Waals surface area contributed by atoms with Gasteiger partial charge in [0.15, 0.2) is 5.82 Å². The maximum absolute atomic E-state index is 12.6. The number of hydroxylamine groups is 2. The van der Waals surface area contributed by atoms with Crippen molar-refractivity contribution in [2.75, 3.05) is 12.0 Å². The fourth-order valence-corrected chi connectivity index (χ4v) is 3.06. The number of carbonyl (C=O) groups excluding carboxylic acids is 2. The number of aromatic nitrogens is 7. The van der Waals surface area contributed by atoms with E-state index in [1.165, 1.54) is 17.3 Å². The first-order valence-corrected chi connectivity index (χ1v) is 10.2. The van der Waals surface area contributed by atoms with Crippen molar-refractivity contribution < 1.29 is 14.8 Å². The summed E-state index contributed by atoms with van der Waals surface area (Å²) < 4.78 is 2.99. The number of rotatable bonds is 12. The van der Waals surface area contributed by atoms with E-state index in [0.29, 0.717) is 34.9 Å². The van der Waals surface area contributed by atoms with Gasteiger partial charge in [0.2, 0.25) is 12.3 Å². The van der Waals surface area contributed by atoms with Gasteiger partial charge in [-0.1, -0.05) is 32.3 Å². The van der Waals surface area contributed by atoms with Gasteiger partial charge in [-0.05, 0) is 25.5 Å². The Bertz CT molecular complexity index is 1020. The van der Waals surface area contributed by atoms with E-state index < -0.39 is 5.92 Å². The van der Waals surface area contributed by atoms with Crippen LogP contribution < -0.4 is 10.9 Å². The molecule has 13 nitrogen and oxygen atoms in total. The first-order valence-electron chi connectivity index (χ1n) is 10.2. The molecule has 0 saturated carbocycles. The van der Waals surface area contributed by atoms with E-state index in [2.05, 4.69) is 42.9 Å². The number of hydrogen-bond acceptors (Lipinski definition) is 9. The van der Waals surface area contributed by atoms with Gasteiger partial charge in [0, 0.05) is 0 Å². The Labute approximate surface area is 184 Å². The van der Waals surface area contributed by atoms with Crippen LogP contribution in [0.4, 0.5) is 5.82 Å². The maximum Gasteiger partial charge on any atom is 0.271 e. The van der Waals surface area contributed by atoms with Crippen molar-refractivity contribution in [1.82, 2.24) is 45.0 Å². The number of hydrazine groups is 1. The minimum atomic E-state index is -0.560. The maximum atomic E-state index is 12.6. The van der Waals surface area contributed by atoms with Crippen LogP contribution in [0.2, 0.25) is 0 Å². The highest BCUT2D eigenvalue weighted by atomic mass is 16.5. The van der Waals surface area contributed by atoms with Crippen LogP contribution in [0.1, 0.15) is 38.4 Å². The largest absolute Gasteiger partial charge is 0.286 e. The zero-order valence-electron chi connectivity index (χ0n) is 17.9. The van der Waals surface area contributed by atoms with E-state index >= 15 is 0 Å². The smallest absolute Gasteiger partial charge is 0.271 e. The third-order valence-corrected chi connectivity index (χ3v) is 4.70. The number of pyridine rings is 1. The van der Waals surface area contributed by atoms with Gasteiger partial charge in [0.1, 0.15) is 24.3 Å². The molecule has 0 aliphatic heterocycles. The molecule has 0 aromatic carbocycles. The predicted molar refractivity (Wildman–Crippen MR) is 113 cm³/mol. The van der Waals surface area contributed by atoms with Crippen molar-refractivity contribution in [3.8, 4) is 11.8 Å². The normalized spacial score (nSPS) is 11.7. The van der Waals surface area contributed by atoms with E-state index in [0.717, 1.165) is 19.3 Å². The second-order valence-electron chi connectivity index (χ2n) is 7.13. The standard InChI is InChI=1S/C19H26N10O3/c1-3-4-5-7-15(10-27(32)13-30)18(31)25-24-16-8-6-9-17(23-16)29-14(2)22-19(26-29)28-12-20-11-21-28/h6,8-9,11-13,15,32H,3-5,7,10H2,1-2H3,(H,23,24)(H,25,31). The molecule has 0 spiro atoms. The fraction of sp³-hybridized carbons (Fsp3) is 0.421. The molecule has 32 heavy (non-hydrogen) atoms. The summed E-state index contributed by atoms with van der Waals surface area (Å²) >= 11 is 0. The predicted octanol–water partition coefficient (Wildman–Crippen LogP) is 1.04. The van der Waals surface area contributed by atoms with Gasteiger partial charge in [-0.2, -0.15) is 19.4 Å². The molecular weight excluding hydrogens is 416 g/mol. The summed E-state index contributed by atoms with van der Waals surface area (Å²) in [6, 6.07) is 5.19. The fourth-order valence-electron chi connectivity index (χ4n) is 3.06. The van der Waals surface area contributed by atoms with Gasteiger partial charge in [0.25, 0.3) is 5.95 Å². The molecule has 3 aromatic heterocycles. The third kappa shape index (κ3) is 5.85. The highest BCUT2D eigenvalue weighted by molar-refractivity contribution is 5.80. The van der Waals surface area contributed by atoms with Crippen LogP contribution in [0.3, 0.4) is 0 Å². The number of aryl methyl sites for hydroxylation is 1. The zero-order chi connectivity index (χ0) is 22.9. The van der Waals surface area contributed by atoms with Gasteiger partial charge in [0.05, 0.1) is 12.5 Å². The van der Waals surface area contributed by atoms with E-state index in [1.807, 2.05) is 0 Å². The minimum absolute atomic E-state index is 0.0859. The average molecular weight is 442 g/mol. The molecule has 1 atom stereocenters. The molecule has 13 heteroatoms. The lowest BCUT2D eigenvalue weighted by molar-refractivity contribution is -0.154. The first kappa shape index (κ1) is 22.8. The zero-order valence-corrected chi connectivity index (χ0v) is 17.9. The van der Waals surface area contributed by atoms with Crippen LogP contribution in [-0.4, -0.2) is 63.6 Å². The topological polar surface area (TPSA) is 156 Å². The SMILES string of the molecule is CCCCCC(CN(O)C=O)C(=O)NNc1cccc(-n2nc(-n3cncn3)nc2C)n1. The van der Waals surface area contributed by atoms with Crippen LogP contribution in [0.25, 0.3) is 11.8 Å². The van der Waals surface area contributed by atoms with E-state index in [1.54, 1.807) is 29.8 Å². The number of carbonyl (C=O) groups is 2. The second-order valence-corrected chi connectivity index (χ2v) is 7.13. The van der Waals surface area contributed by atoms with Crippen molar-refractivity contribution in [2.45, 2.75) is 39.5 Å². The van der Waals surface area contributed by atoms with Crippen LogP contribution in [0, 0.1) is 12.8 Å². The number of nitrogens with one attached hydrogen (secondary N) is 2. The molecule has 0 saturated heterocycles. The average Bonchev–Trinajstić information content (AvgIpc) is 3.47. The summed E-state index contributed by atoms with van der Waals surface area (Å²) in [6.07, 6.45) is 6.49. The number of hydrogen-bond donors (Lipinski definition) is 3.